The molecule has 3 aliphatic heterocycles. The predicted molar refractivity (Wildman–Crippen MR) is 166 cm³/mol. The number of rotatable bonds is 7. The number of nitrogens with one attached hydrogen (secondary N) is 1. The Labute approximate surface area is 251 Å². The molecule has 1 spiro atoms. The minimum Gasteiger partial charge on any atom is -0.493 e. The van der Waals surface area contributed by atoms with E-state index in [1.165, 1.54) is 0 Å². The number of benzene rings is 4. The van der Waals surface area contributed by atoms with E-state index in [0.717, 1.165) is 28.7 Å². The highest BCUT2D eigenvalue weighted by atomic mass is 16.5. The lowest BCUT2D eigenvalue weighted by Gasteiger charge is -2.38. The van der Waals surface area contributed by atoms with Gasteiger partial charge in [-0.05, 0) is 54.3 Å². The summed E-state index contributed by atoms with van der Waals surface area (Å²) in [4.78, 5) is 46.4. The SMILES string of the molecule is CCCOc1ccccc1C(=O)[C@@H]1[C@H](C(=O)c2ccc(C)cc2)[C@]2(C(=O)Nc3ccccc32)[C@H]2c3ccccc3C=CN12. The Balaban J connectivity index is 1.51. The second-order valence-electron chi connectivity index (χ2n) is 11.5. The summed E-state index contributed by atoms with van der Waals surface area (Å²) in [6, 6.07) is 28.5. The van der Waals surface area contributed by atoms with Crippen molar-refractivity contribution in [1.29, 1.82) is 0 Å². The van der Waals surface area contributed by atoms with E-state index in [1.807, 2.05) is 104 Å². The van der Waals surface area contributed by atoms with Gasteiger partial charge in [0.05, 0.1) is 24.1 Å². The number of Topliss-reactive ketones (excluding diaryl/α,β-unsaturated/α-hetero) is 2. The van der Waals surface area contributed by atoms with Gasteiger partial charge in [-0.1, -0.05) is 91.3 Å². The van der Waals surface area contributed by atoms with Gasteiger partial charge in [0.1, 0.15) is 17.2 Å². The highest BCUT2D eigenvalue weighted by Crippen LogP contribution is 2.62. The second kappa shape index (κ2) is 10.4. The van der Waals surface area contributed by atoms with E-state index >= 15 is 0 Å². The lowest BCUT2D eigenvalue weighted by atomic mass is 9.62. The van der Waals surface area contributed by atoms with E-state index in [4.69, 9.17) is 4.74 Å². The normalized spacial score (nSPS) is 23.0. The lowest BCUT2D eigenvalue weighted by Crippen LogP contribution is -2.49. The maximum absolute atomic E-state index is 14.9. The van der Waals surface area contributed by atoms with E-state index < -0.39 is 23.4 Å². The molecule has 0 aromatic heterocycles. The first kappa shape index (κ1) is 26.9. The number of hydrogen-bond donors (Lipinski definition) is 1. The van der Waals surface area contributed by atoms with Crippen molar-refractivity contribution in [3.8, 4) is 5.75 Å². The van der Waals surface area contributed by atoms with Gasteiger partial charge in [-0.3, -0.25) is 14.4 Å². The molecule has 6 heteroatoms. The number of carbonyl (C=O) groups excluding carboxylic acids is 3. The topological polar surface area (TPSA) is 75.7 Å². The average molecular weight is 569 g/mol. The standard InChI is InChI=1S/C37H32N2O4/c1-3-22-43-30-15-9-6-12-27(30)34(41)32-31(33(40)25-18-16-23(2)17-19-25)37(28-13-7-8-14-29(28)38-36(37)42)35-26-11-5-4-10-24(26)20-21-39(32)35/h4-21,31-32,35H,3,22H2,1-2H3,(H,38,42)/t31-,32+,35-,37+/m1/s1. The summed E-state index contributed by atoms with van der Waals surface area (Å²) in [5.74, 6) is -1.31. The van der Waals surface area contributed by atoms with Crippen LogP contribution in [0.25, 0.3) is 6.08 Å². The smallest absolute Gasteiger partial charge is 0.238 e. The monoisotopic (exact) mass is 568 g/mol. The van der Waals surface area contributed by atoms with Crippen molar-refractivity contribution < 1.29 is 19.1 Å². The van der Waals surface area contributed by atoms with Crippen molar-refractivity contribution in [2.45, 2.75) is 37.8 Å². The van der Waals surface area contributed by atoms with Crippen molar-refractivity contribution in [3.63, 3.8) is 0 Å². The molecular formula is C37H32N2O4. The highest BCUT2D eigenvalue weighted by Gasteiger charge is 2.70. The molecule has 1 saturated heterocycles. The summed E-state index contributed by atoms with van der Waals surface area (Å²) in [7, 11) is 0. The summed E-state index contributed by atoms with van der Waals surface area (Å²) in [5.41, 5.74) is 3.79. The minimum absolute atomic E-state index is 0.238. The first-order chi connectivity index (χ1) is 21.0. The molecule has 0 saturated carbocycles. The van der Waals surface area contributed by atoms with E-state index in [0.29, 0.717) is 29.2 Å². The van der Waals surface area contributed by atoms with Crippen LogP contribution >= 0.6 is 0 Å². The van der Waals surface area contributed by atoms with Crippen molar-refractivity contribution in [2.24, 2.45) is 5.92 Å². The second-order valence-corrected chi connectivity index (χ2v) is 11.5. The fourth-order valence-corrected chi connectivity index (χ4v) is 7.23. The molecule has 1 fully saturated rings. The van der Waals surface area contributed by atoms with Crippen molar-refractivity contribution in [3.05, 3.63) is 137 Å². The number of ketones is 2. The Morgan fingerprint density at radius 2 is 1.60 bits per heavy atom. The number of carbonyl (C=O) groups is 3. The van der Waals surface area contributed by atoms with Gasteiger partial charge in [-0.25, -0.2) is 0 Å². The zero-order chi connectivity index (χ0) is 29.7. The third kappa shape index (κ3) is 3.97. The van der Waals surface area contributed by atoms with E-state index in [2.05, 4.69) is 5.32 Å². The number of anilines is 1. The zero-order valence-corrected chi connectivity index (χ0v) is 24.1. The quantitative estimate of drug-likeness (QED) is 0.249. The number of nitrogens with zero attached hydrogens (tertiary/aromatic N) is 1. The van der Waals surface area contributed by atoms with Crippen LogP contribution in [0.3, 0.4) is 0 Å². The van der Waals surface area contributed by atoms with Gasteiger partial charge in [-0.2, -0.15) is 0 Å². The van der Waals surface area contributed by atoms with E-state index in [-0.39, 0.29) is 17.5 Å². The number of fused-ring (bicyclic) bond motifs is 6. The van der Waals surface area contributed by atoms with Gasteiger partial charge in [0.2, 0.25) is 5.91 Å². The summed E-state index contributed by atoms with van der Waals surface area (Å²) < 4.78 is 6.03. The van der Waals surface area contributed by atoms with Crippen LogP contribution in [0, 0.1) is 12.8 Å². The van der Waals surface area contributed by atoms with Gasteiger partial charge in [0, 0.05) is 17.5 Å². The molecular weight excluding hydrogens is 536 g/mol. The van der Waals surface area contributed by atoms with Crippen LogP contribution in [0.4, 0.5) is 5.69 Å². The van der Waals surface area contributed by atoms with Crippen LogP contribution in [-0.4, -0.2) is 35.0 Å². The van der Waals surface area contributed by atoms with Crippen LogP contribution in [-0.2, 0) is 10.2 Å². The van der Waals surface area contributed by atoms with Gasteiger partial charge in [0.25, 0.3) is 0 Å². The van der Waals surface area contributed by atoms with Gasteiger partial charge in [0.15, 0.2) is 11.6 Å². The number of amides is 1. The molecule has 4 aromatic rings. The van der Waals surface area contributed by atoms with Crippen LogP contribution in [0.2, 0.25) is 0 Å². The van der Waals surface area contributed by atoms with Gasteiger partial charge < -0.3 is 15.0 Å². The Morgan fingerprint density at radius 3 is 2.42 bits per heavy atom. The number of ether oxygens (including phenoxy) is 1. The fraction of sp³-hybridized carbons (Fsp3) is 0.216. The molecule has 4 atom stereocenters. The first-order valence-electron chi connectivity index (χ1n) is 14.8. The molecule has 0 aliphatic carbocycles. The van der Waals surface area contributed by atoms with Gasteiger partial charge in [-0.15, -0.1) is 0 Å². The van der Waals surface area contributed by atoms with Gasteiger partial charge >= 0.3 is 0 Å². The zero-order valence-electron chi connectivity index (χ0n) is 24.1. The summed E-state index contributed by atoms with van der Waals surface area (Å²) in [6.45, 7) is 4.44. The Morgan fingerprint density at radius 1 is 0.884 bits per heavy atom. The summed E-state index contributed by atoms with van der Waals surface area (Å²) in [6.07, 6.45) is 4.65. The van der Waals surface area contributed by atoms with Crippen molar-refractivity contribution in [2.75, 3.05) is 11.9 Å². The van der Waals surface area contributed by atoms with Crippen LogP contribution in [0.5, 0.6) is 5.75 Å². The van der Waals surface area contributed by atoms with E-state index in [9.17, 15) is 14.4 Å². The fourth-order valence-electron chi connectivity index (χ4n) is 7.23. The number of para-hydroxylation sites is 2. The average Bonchev–Trinajstić information content (AvgIpc) is 3.52. The molecule has 1 N–H and O–H groups in total. The lowest BCUT2D eigenvalue weighted by molar-refractivity contribution is -0.122. The van der Waals surface area contributed by atoms with Crippen LogP contribution in [0.1, 0.15) is 62.4 Å². The Bertz CT molecular complexity index is 1790. The predicted octanol–water partition coefficient (Wildman–Crippen LogP) is 6.77. The minimum atomic E-state index is -1.36. The molecule has 6 nitrogen and oxygen atoms in total. The molecule has 3 heterocycles. The molecule has 214 valence electrons. The molecule has 3 aliphatic rings. The molecule has 7 rings (SSSR count). The Hall–Kier alpha value is -4.97. The molecule has 0 bridgehead atoms. The highest BCUT2D eigenvalue weighted by molar-refractivity contribution is 6.17. The van der Waals surface area contributed by atoms with Crippen LogP contribution in [0.15, 0.2) is 103 Å². The van der Waals surface area contributed by atoms with Crippen LogP contribution < -0.4 is 10.1 Å². The Kier molecular flexibility index (Phi) is 6.50. The molecule has 0 radical (unpaired) electrons. The maximum Gasteiger partial charge on any atom is 0.238 e. The largest absolute Gasteiger partial charge is 0.493 e. The summed E-state index contributed by atoms with van der Waals surface area (Å²) >= 11 is 0. The molecule has 43 heavy (non-hydrogen) atoms. The van der Waals surface area contributed by atoms with E-state index in [1.54, 1.807) is 24.3 Å². The molecule has 4 aromatic carbocycles. The van der Waals surface area contributed by atoms with Crippen molar-refractivity contribution in [1.82, 2.24) is 4.90 Å². The third-order valence-corrected chi connectivity index (χ3v) is 9.07. The summed E-state index contributed by atoms with van der Waals surface area (Å²) in [5, 5.41) is 3.10. The first-order valence-corrected chi connectivity index (χ1v) is 14.8. The number of aryl methyl sites for hydroxylation is 1. The van der Waals surface area contributed by atoms with Crippen molar-refractivity contribution >= 4 is 29.2 Å². The molecule has 1 amide bonds. The maximum atomic E-state index is 14.9. The number of hydrogen-bond acceptors (Lipinski definition) is 5. The molecule has 0 unspecified atom stereocenters. The third-order valence-electron chi connectivity index (χ3n) is 9.07.